The summed E-state index contributed by atoms with van der Waals surface area (Å²) < 4.78 is 64.0. The van der Waals surface area contributed by atoms with Crippen LogP contribution in [0.2, 0.25) is 0 Å². The van der Waals surface area contributed by atoms with Gasteiger partial charge in [0.15, 0.2) is 18.9 Å². The van der Waals surface area contributed by atoms with Gasteiger partial charge in [-0.1, -0.05) is 180 Å². The molecule has 4 aliphatic rings. The zero-order valence-electron chi connectivity index (χ0n) is 60.1. The van der Waals surface area contributed by atoms with Gasteiger partial charge in [-0.3, -0.25) is 9.59 Å². The van der Waals surface area contributed by atoms with Crippen LogP contribution in [0.5, 0.6) is 0 Å². The number of benzene rings is 1. The van der Waals surface area contributed by atoms with Crippen molar-refractivity contribution in [1.82, 2.24) is 5.32 Å². The van der Waals surface area contributed by atoms with Crippen molar-refractivity contribution in [2.24, 2.45) is 5.92 Å². The van der Waals surface area contributed by atoms with Gasteiger partial charge in [0.2, 0.25) is 11.8 Å². The number of unbranched alkanes of at least 4 members (excludes halogenated alkanes) is 22. The number of aliphatic carboxylic acids is 1. The molecular formula is C72H126N2O27. The van der Waals surface area contributed by atoms with Crippen LogP contribution >= 0.6 is 0 Å². The number of hydrogen-bond acceptors (Lipinski definition) is 26. The Morgan fingerprint density at radius 1 is 0.554 bits per heavy atom. The van der Waals surface area contributed by atoms with Crippen LogP contribution in [0.15, 0.2) is 24.3 Å². The third kappa shape index (κ3) is 29.4. The fraction of sp³-hybridized carbons (Fsp3) is 0.875. The molecule has 0 radical (unpaired) electrons. The first-order valence-electron chi connectivity index (χ1n) is 37.5. The Kier molecular flexibility index (Phi) is 42.7. The Labute approximate surface area is 596 Å². The van der Waals surface area contributed by atoms with Crippen molar-refractivity contribution in [3.8, 4) is 0 Å². The fourth-order valence-corrected chi connectivity index (χ4v) is 13.4. The van der Waals surface area contributed by atoms with E-state index in [1.807, 2.05) is 24.3 Å². The van der Waals surface area contributed by atoms with Crippen molar-refractivity contribution in [2.75, 3.05) is 64.8 Å². The van der Waals surface area contributed by atoms with E-state index in [2.05, 4.69) is 24.5 Å². The van der Waals surface area contributed by atoms with Gasteiger partial charge in [-0.25, -0.2) is 4.79 Å². The summed E-state index contributed by atoms with van der Waals surface area (Å²) in [6.07, 6.45) is -4.64. The summed E-state index contributed by atoms with van der Waals surface area (Å²) in [7, 11) is 0. The molecule has 29 nitrogen and oxygen atoms in total. The molecule has 0 spiro atoms. The minimum atomic E-state index is -3.14. The second-order valence-corrected chi connectivity index (χ2v) is 27.7. The number of carboxylic acids is 1. The number of carboxylic acid groups (broad SMARTS) is 1. The van der Waals surface area contributed by atoms with E-state index in [-0.39, 0.29) is 51.5 Å². The van der Waals surface area contributed by atoms with Crippen LogP contribution in [0, 0.1) is 5.92 Å². The highest BCUT2D eigenvalue weighted by molar-refractivity contribution is 5.92. The zero-order valence-corrected chi connectivity index (χ0v) is 60.1. The number of nitrogens with one attached hydrogen (secondary N) is 2. The first-order valence-corrected chi connectivity index (χ1v) is 37.5. The van der Waals surface area contributed by atoms with Crippen LogP contribution in [-0.4, -0.2) is 272 Å². The fourth-order valence-electron chi connectivity index (χ4n) is 13.4. The smallest absolute Gasteiger partial charge is 0.364 e. The number of amides is 2. The molecule has 0 unspecified atom stereocenters. The van der Waals surface area contributed by atoms with E-state index in [1.165, 1.54) is 135 Å². The maximum Gasteiger partial charge on any atom is 0.364 e. The molecule has 4 fully saturated rings. The molecule has 0 aliphatic carbocycles. The highest BCUT2D eigenvalue weighted by atomic mass is 16.8. The molecule has 1 aromatic rings. The van der Waals surface area contributed by atoms with E-state index < -0.39 is 166 Å². The summed E-state index contributed by atoms with van der Waals surface area (Å²) in [6, 6.07) is 6.08. The summed E-state index contributed by atoms with van der Waals surface area (Å²) in [5, 5.41) is 147. The largest absolute Gasteiger partial charge is 0.477 e. The van der Waals surface area contributed by atoms with Gasteiger partial charge >= 0.3 is 5.97 Å². The van der Waals surface area contributed by atoms with E-state index in [1.54, 1.807) is 0 Å². The third-order valence-corrected chi connectivity index (χ3v) is 19.4. The number of carbonyl (C=O) groups is 3. The zero-order chi connectivity index (χ0) is 73.7. The molecule has 2 amide bonds. The molecule has 0 bridgehead atoms. The van der Waals surface area contributed by atoms with E-state index in [4.69, 9.17) is 52.1 Å². The standard InChI is InChI=1S/C72H126N2O27/c1-5-7-9-11-13-15-17-19-21-23-25-27-29-49(30-28-26-24-22-20-18-16-14-12-10-8-6-2)67(88)74-50-33-31-48(32-34-50)45-93-38-37-91-35-36-92-39-40-94-68-62(87)66(99-69-60(85)59(84)56(81)46(3)95-69)63(54(44-77)97-68)98-70-61(86)65(58(83)53(43-76)96-70)101-72(71(89)90)41-51(79)55(73-47(4)78)64(100-72)57(82)52(80)42-75/h31-34,46,49,51-66,68-70,75-77,79-87H,5-30,35-45H2,1-4H3,(H,73,78)(H,74,88)(H,89,90)/t46-,51-,52+,53+,54+,55+,56+,57+,58-,59+,60-,61+,62+,63+,64+,65-,66+,68+,69-,70+,72-/m0/s1. The second kappa shape index (κ2) is 48.8. The van der Waals surface area contributed by atoms with Gasteiger partial charge in [-0.2, -0.15) is 0 Å². The normalized spacial score (nSPS) is 30.7. The highest BCUT2D eigenvalue weighted by Crippen LogP contribution is 2.40. The number of aliphatic hydroxyl groups excluding tert-OH is 12. The van der Waals surface area contributed by atoms with Gasteiger partial charge < -0.3 is 129 Å². The first kappa shape index (κ1) is 88.3. The van der Waals surface area contributed by atoms with Crippen LogP contribution in [-0.2, 0) is 73.1 Å². The van der Waals surface area contributed by atoms with Crippen LogP contribution in [0.25, 0.3) is 0 Å². The van der Waals surface area contributed by atoms with Gasteiger partial charge in [0.25, 0.3) is 5.79 Å². The van der Waals surface area contributed by atoms with Crippen molar-refractivity contribution in [1.29, 1.82) is 0 Å². The molecule has 4 saturated heterocycles. The quantitative estimate of drug-likeness (QED) is 0.0414. The lowest BCUT2D eigenvalue weighted by Crippen LogP contribution is -2.71. The van der Waals surface area contributed by atoms with E-state index in [0.717, 1.165) is 56.7 Å². The summed E-state index contributed by atoms with van der Waals surface area (Å²) >= 11 is 0. The molecule has 21 atom stereocenters. The van der Waals surface area contributed by atoms with Crippen molar-refractivity contribution in [3.05, 3.63) is 29.8 Å². The Morgan fingerprint density at radius 3 is 1.53 bits per heavy atom. The summed E-state index contributed by atoms with van der Waals surface area (Å²) in [4.78, 5) is 39.0. The second-order valence-electron chi connectivity index (χ2n) is 27.7. The van der Waals surface area contributed by atoms with Gasteiger partial charge in [0, 0.05) is 24.9 Å². The molecule has 101 heavy (non-hydrogen) atoms. The lowest BCUT2D eigenvalue weighted by atomic mass is 9.88. The van der Waals surface area contributed by atoms with Crippen molar-refractivity contribution < 1.29 is 133 Å². The predicted molar refractivity (Wildman–Crippen MR) is 366 cm³/mol. The van der Waals surface area contributed by atoms with Crippen LogP contribution in [0.3, 0.4) is 0 Å². The maximum absolute atomic E-state index is 13.8. The molecule has 0 saturated carbocycles. The Hall–Kier alpha value is -3.29. The monoisotopic (exact) mass is 1450 g/mol. The molecule has 4 aliphatic heterocycles. The molecule has 29 heteroatoms. The topological polar surface area (TPSA) is 440 Å². The lowest BCUT2D eigenvalue weighted by molar-refractivity contribution is -0.398. The van der Waals surface area contributed by atoms with Crippen LogP contribution < -0.4 is 10.6 Å². The first-order chi connectivity index (χ1) is 48.6. The van der Waals surface area contributed by atoms with Crippen LogP contribution in [0.1, 0.15) is 207 Å². The van der Waals surface area contributed by atoms with Gasteiger partial charge in [-0.15, -0.1) is 0 Å². The number of hydrogen-bond donors (Lipinski definition) is 15. The van der Waals surface area contributed by atoms with E-state index in [9.17, 15) is 80.8 Å². The third-order valence-electron chi connectivity index (χ3n) is 19.4. The van der Waals surface area contributed by atoms with Gasteiger partial charge in [0.1, 0.15) is 85.5 Å². The van der Waals surface area contributed by atoms with Crippen molar-refractivity contribution in [2.45, 2.75) is 336 Å². The number of carbonyl (C=O) groups excluding carboxylic acids is 2. The Morgan fingerprint density at radius 2 is 1.03 bits per heavy atom. The molecule has 15 N–H and O–H groups in total. The molecule has 586 valence electrons. The number of aliphatic hydroxyl groups is 12. The minimum absolute atomic E-state index is 0.0161. The van der Waals surface area contributed by atoms with Crippen molar-refractivity contribution >= 4 is 23.5 Å². The van der Waals surface area contributed by atoms with Gasteiger partial charge in [-0.05, 0) is 37.5 Å². The predicted octanol–water partition coefficient (Wildman–Crippen LogP) is 3.64. The number of rotatable bonds is 53. The van der Waals surface area contributed by atoms with E-state index >= 15 is 0 Å². The SMILES string of the molecule is CCCCCCCCCCCCCCC(CCCCCCCCCCCCCC)C(=O)Nc1ccc(COCCOCCOCCO[C@@H]2O[C@H](CO)[C@@H](O[C@H]3O[C@H](CO)[C@H](O)[C@H](O[C@]4(C(=O)O)C[C@H](O)[C@@H](NC(C)=O)[C@H]([C@H](O)[C@H](O)CO)O4)[C@H]3O)[C@H](O[C@@H]3O[C@@H](C)[C@@H](O)[C@@H](O)[C@@H]3O)[C@H]2O)cc1. The summed E-state index contributed by atoms with van der Waals surface area (Å²) in [6.45, 7) is 4.62. The Bertz CT molecular complexity index is 2350. The van der Waals surface area contributed by atoms with Crippen molar-refractivity contribution in [3.63, 3.8) is 0 Å². The van der Waals surface area contributed by atoms with Gasteiger partial charge in [0.05, 0.1) is 84.3 Å². The lowest BCUT2D eigenvalue weighted by Gasteiger charge is -2.51. The van der Waals surface area contributed by atoms with E-state index in [0.29, 0.717) is 6.61 Å². The average Bonchev–Trinajstić information content (AvgIpc) is 0.760. The molecule has 4 heterocycles. The molecular weight excluding hydrogens is 1320 g/mol. The maximum atomic E-state index is 13.8. The Balaban J connectivity index is 1.09. The minimum Gasteiger partial charge on any atom is -0.477 e. The summed E-state index contributed by atoms with van der Waals surface area (Å²) in [5.41, 5.74) is 1.69. The molecule has 5 rings (SSSR count). The summed E-state index contributed by atoms with van der Waals surface area (Å²) in [5.74, 6) is -5.86. The average molecular weight is 1450 g/mol. The highest BCUT2D eigenvalue weighted by Gasteiger charge is 2.61. The van der Waals surface area contributed by atoms with Crippen LogP contribution in [0.4, 0.5) is 5.69 Å². The number of ether oxygens (including phenoxy) is 11. The molecule has 1 aromatic carbocycles. The molecule has 0 aromatic heterocycles. The number of anilines is 1.